The second-order valence-corrected chi connectivity index (χ2v) is 3.24. The second-order valence-electron chi connectivity index (χ2n) is 3.24. The van der Waals surface area contributed by atoms with E-state index >= 15 is 0 Å². The van der Waals surface area contributed by atoms with E-state index in [2.05, 4.69) is 33.1 Å². The molecule has 1 heterocycles. The molecular formula is C11H16ClIrNP. The topological polar surface area (TPSA) is 14.1 Å². The van der Waals surface area contributed by atoms with Crippen LogP contribution in [0.25, 0.3) is 5.32 Å². The maximum absolute atomic E-state index is 4.64. The summed E-state index contributed by atoms with van der Waals surface area (Å²) in [6.45, 7) is 1.04. The van der Waals surface area contributed by atoms with Crippen molar-refractivity contribution in [3.8, 4) is 0 Å². The summed E-state index contributed by atoms with van der Waals surface area (Å²) in [5.74, 6) is 0. The van der Waals surface area contributed by atoms with E-state index in [9.17, 15) is 0 Å². The molecule has 1 aromatic carbocycles. The van der Waals surface area contributed by atoms with Gasteiger partial charge in [-0.05, 0) is 0 Å². The van der Waals surface area contributed by atoms with Crippen LogP contribution in [0.2, 0.25) is 0 Å². The van der Waals surface area contributed by atoms with Gasteiger partial charge in [0, 0.05) is 0 Å². The first-order chi connectivity index (χ1) is 6.97. The van der Waals surface area contributed by atoms with E-state index in [-0.39, 0.29) is 9.90 Å². The summed E-state index contributed by atoms with van der Waals surface area (Å²) >= 11 is 1.47. The van der Waals surface area contributed by atoms with Crippen molar-refractivity contribution < 1.29 is 17.9 Å². The number of hydrogen-bond acceptors (Lipinski definition) is 0. The van der Waals surface area contributed by atoms with Crippen LogP contribution in [0.15, 0.2) is 24.3 Å². The van der Waals surface area contributed by atoms with Gasteiger partial charge in [-0.3, -0.25) is 0 Å². The summed E-state index contributed by atoms with van der Waals surface area (Å²) in [5, 5.41) is 4.57. The second kappa shape index (κ2) is 9.75. The fourth-order valence-corrected chi connectivity index (χ4v) is 1.66. The van der Waals surface area contributed by atoms with Crippen molar-refractivity contribution in [3.63, 3.8) is 0 Å². The minimum absolute atomic E-state index is 0. The molecule has 1 aliphatic rings. The summed E-state index contributed by atoms with van der Waals surface area (Å²) in [4.78, 5) is 0. The third-order valence-electron chi connectivity index (χ3n) is 2.33. The molecule has 0 N–H and O–H groups in total. The first-order valence-corrected chi connectivity index (χ1v) is 7.69. The maximum atomic E-state index is 4.64. The van der Waals surface area contributed by atoms with Crippen LogP contribution < -0.4 is 0 Å². The Hall–Kier alpha value is 0.549. The third-order valence-corrected chi connectivity index (χ3v) is 2.33. The third kappa shape index (κ3) is 5.43. The molecule has 1 saturated heterocycles. The summed E-state index contributed by atoms with van der Waals surface area (Å²) in [7, 11) is 4.64. The van der Waals surface area contributed by atoms with E-state index in [1.807, 2.05) is 12.1 Å². The first-order valence-electron chi connectivity index (χ1n) is 4.72. The van der Waals surface area contributed by atoms with E-state index in [0.29, 0.717) is 6.04 Å². The van der Waals surface area contributed by atoms with Crippen LogP contribution in [0.1, 0.15) is 30.9 Å². The van der Waals surface area contributed by atoms with Gasteiger partial charge in [0.25, 0.3) is 0 Å². The molecule has 1 aliphatic heterocycles. The van der Waals surface area contributed by atoms with Crippen molar-refractivity contribution in [2.75, 3.05) is 6.54 Å². The number of benzene rings is 1. The van der Waals surface area contributed by atoms with E-state index in [0.717, 1.165) is 6.54 Å². The van der Waals surface area contributed by atoms with Crippen molar-refractivity contribution in [1.29, 1.82) is 0 Å². The molecule has 2 atom stereocenters. The molecule has 86 valence electrons. The largest absolute Gasteiger partial charge is 0.657 e. The Balaban J connectivity index is 0.000000617. The monoisotopic (exact) mass is 421 g/mol. The summed E-state index contributed by atoms with van der Waals surface area (Å²) in [6.07, 6.45) is 3.79. The number of piperidine rings is 1. The van der Waals surface area contributed by atoms with Crippen molar-refractivity contribution in [2.24, 2.45) is 0 Å². The predicted octanol–water partition coefficient (Wildman–Crippen LogP) is 3.83. The molecule has 1 fully saturated rings. The Morgan fingerprint density at radius 3 is 2.67 bits per heavy atom. The Labute approximate surface area is 110 Å². The standard InChI is InChI=1S/C11H13N.ClH.Ir.H3P/c1-2-6-10(7-3-1)11-8-4-5-9-12-11;;;/h1-3,6,11H,4-5,8-9H2;1H;;1H3/q-2;;+3;/p-1. The minimum Gasteiger partial charge on any atom is -0.657 e. The van der Waals surface area contributed by atoms with Crippen LogP contribution in [-0.4, -0.2) is 6.54 Å². The normalized spacial score (nSPS) is 19.5. The maximum Gasteiger partial charge on any atom is -0.0561 e. The van der Waals surface area contributed by atoms with Gasteiger partial charge in [0.05, 0.1) is 0 Å². The molecule has 2 rings (SSSR count). The zero-order chi connectivity index (χ0) is 10.2. The molecule has 0 radical (unpaired) electrons. The fourth-order valence-electron chi connectivity index (χ4n) is 1.66. The molecule has 1 nitrogen and oxygen atoms in total. The molecule has 2 unspecified atom stereocenters. The van der Waals surface area contributed by atoms with Gasteiger partial charge in [0.1, 0.15) is 0 Å². The van der Waals surface area contributed by atoms with Gasteiger partial charge in [-0.1, -0.05) is 19.3 Å². The molecule has 15 heavy (non-hydrogen) atoms. The minimum atomic E-state index is 0. The van der Waals surface area contributed by atoms with E-state index in [1.165, 1.54) is 42.7 Å². The van der Waals surface area contributed by atoms with Crippen molar-refractivity contribution in [3.05, 3.63) is 41.2 Å². The van der Waals surface area contributed by atoms with Crippen LogP contribution in [0.4, 0.5) is 0 Å². The fraction of sp³-hybridized carbons (Fsp3) is 0.455. The molecule has 1 aromatic rings. The van der Waals surface area contributed by atoms with E-state index in [1.54, 1.807) is 0 Å². The van der Waals surface area contributed by atoms with Gasteiger partial charge < -0.3 is 5.32 Å². The summed E-state index contributed by atoms with van der Waals surface area (Å²) in [5.41, 5.74) is 1.26. The zero-order valence-electron chi connectivity index (χ0n) is 8.58. The average Bonchev–Trinajstić information content (AvgIpc) is 2.34. The molecule has 0 spiro atoms. The Morgan fingerprint density at radius 2 is 2.13 bits per heavy atom. The number of nitrogens with zero attached hydrogens (tertiary/aromatic N) is 1. The molecule has 0 amide bonds. The predicted molar refractivity (Wildman–Crippen MR) is 67.1 cm³/mol. The molecule has 0 saturated carbocycles. The van der Waals surface area contributed by atoms with Crippen molar-refractivity contribution >= 4 is 19.5 Å². The Kier molecular flexibility index (Phi) is 10.1. The van der Waals surface area contributed by atoms with Gasteiger partial charge in [-0.2, -0.15) is 45.8 Å². The molecular weight excluding hydrogens is 405 g/mol. The van der Waals surface area contributed by atoms with Crippen LogP contribution >= 0.6 is 19.5 Å². The van der Waals surface area contributed by atoms with Gasteiger partial charge in [0.2, 0.25) is 0 Å². The smallest absolute Gasteiger partial charge is 0.0561 e. The van der Waals surface area contributed by atoms with Gasteiger partial charge in [-0.25, -0.2) is 0 Å². The summed E-state index contributed by atoms with van der Waals surface area (Å²) < 4.78 is 0. The number of hydrogen-bond donors (Lipinski definition) is 0. The van der Waals surface area contributed by atoms with Gasteiger partial charge in [0.15, 0.2) is 0 Å². The molecule has 0 bridgehead atoms. The average molecular weight is 421 g/mol. The van der Waals surface area contributed by atoms with Crippen LogP contribution in [0.3, 0.4) is 0 Å². The molecule has 0 aromatic heterocycles. The van der Waals surface area contributed by atoms with Crippen LogP contribution in [-0.2, 0) is 17.9 Å². The van der Waals surface area contributed by atoms with Crippen molar-refractivity contribution in [1.82, 2.24) is 0 Å². The van der Waals surface area contributed by atoms with Crippen LogP contribution in [0, 0.1) is 6.07 Å². The van der Waals surface area contributed by atoms with Gasteiger partial charge in [-0.15, -0.1) is 12.6 Å². The number of halogens is 1. The van der Waals surface area contributed by atoms with E-state index < -0.39 is 0 Å². The summed E-state index contributed by atoms with van der Waals surface area (Å²) in [6, 6.07) is 11.8. The SMILES string of the molecule is P.[Cl][Ir+2].[c-]1ccccc1C1CCCC[N-]1. The molecule has 4 heteroatoms. The van der Waals surface area contributed by atoms with Gasteiger partial charge >= 0.3 is 27.5 Å². The first kappa shape index (κ1) is 15.5. The van der Waals surface area contributed by atoms with Crippen molar-refractivity contribution in [2.45, 2.75) is 25.3 Å². The van der Waals surface area contributed by atoms with E-state index in [4.69, 9.17) is 0 Å². The zero-order valence-corrected chi connectivity index (χ0v) is 13.1. The Morgan fingerprint density at radius 1 is 1.33 bits per heavy atom. The quantitative estimate of drug-likeness (QED) is 0.484. The van der Waals surface area contributed by atoms with Crippen LogP contribution in [0.5, 0.6) is 0 Å². The number of rotatable bonds is 1. The Bertz CT molecular complexity index is 240. The molecule has 0 aliphatic carbocycles.